The molecule has 100 valence electrons. The van der Waals surface area contributed by atoms with E-state index in [0.29, 0.717) is 23.2 Å². The van der Waals surface area contributed by atoms with Gasteiger partial charge in [0.1, 0.15) is 0 Å². The number of hydrogen-bond acceptors (Lipinski definition) is 2. The Labute approximate surface area is 114 Å². The molecule has 5 heteroatoms. The molecule has 1 aliphatic rings. The van der Waals surface area contributed by atoms with E-state index in [-0.39, 0.29) is 0 Å². The van der Waals surface area contributed by atoms with Gasteiger partial charge in [-0.25, -0.2) is 12.7 Å². The fourth-order valence-electron chi connectivity index (χ4n) is 1.92. The average Bonchev–Trinajstić information content (AvgIpc) is 3.12. The molecule has 0 unspecified atom stereocenters. The van der Waals surface area contributed by atoms with Crippen molar-refractivity contribution in [3.8, 4) is 0 Å². The van der Waals surface area contributed by atoms with E-state index >= 15 is 0 Å². The van der Waals surface area contributed by atoms with Crippen molar-refractivity contribution in [1.29, 1.82) is 0 Å². The van der Waals surface area contributed by atoms with Gasteiger partial charge in [-0.05, 0) is 48.9 Å². The molecule has 0 atom stereocenters. The topological polar surface area (TPSA) is 37.4 Å². The van der Waals surface area contributed by atoms with Crippen molar-refractivity contribution in [3.63, 3.8) is 0 Å². The number of nitrogens with zero attached hydrogens (tertiary/aromatic N) is 1. The normalized spacial score (nSPS) is 16.2. The Morgan fingerprint density at radius 3 is 2.56 bits per heavy atom. The predicted octanol–water partition coefficient (Wildman–Crippen LogP) is 2.76. The van der Waals surface area contributed by atoms with Gasteiger partial charge in [0.05, 0.1) is 4.90 Å². The monoisotopic (exact) mass is 287 g/mol. The van der Waals surface area contributed by atoms with Crippen molar-refractivity contribution in [2.45, 2.75) is 30.5 Å². The Hall–Kier alpha value is -0.580. The summed E-state index contributed by atoms with van der Waals surface area (Å²) in [5, 5.41) is 0. The van der Waals surface area contributed by atoms with E-state index in [4.69, 9.17) is 11.6 Å². The molecule has 0 aromatic heterocycles. The first-order chi connectivity index (χ1) is 8.45. The van der Waals surface area contributed by atoms with E-state index in [1.165, 1.54) is 4.31 Å². The van der Waals surface area contributed by atoms with E-state index in [0.717, 1.165) is 24.0 Å². The summed E-state index contributed by atoms with van der Waals surface area (Å²) < 4.78 is 26.1. The fraction of sp³-hybridized carbons (Fsp3) is 0.538. The zero-order valence-electron chi connectivity index (χ0n) is 10.7. The SMILES string of the molecule is Cc1cc(S(=O)(=O)N(C)CC2CC2)ccc1CCl. The van der Waals surface area contributed by atoms with Gasteiger partial charge >= 0.3 is 0 Å². The molecule has 0 aliphatic heterocycles. The number of rotatable bonds is 5. The van der Waals surface area contributed by atoms with Gasteiger partial charge in [-0.15, -0.1) is 11.6 Å². The zero-order valence-corrected chi connectivity index (χ0v) is 12.3. The molecule has 1 aromatic rings. The van der Waals surface area contributed by atoms with Crippen LogP contribution in [0.15, 0.2) is 23.1 Å². The van der Waals surface area contributed by atoms with Crippen LogP contribution in [0, 0.1) is 12.8 Å². The van der Waals surface area contributed by atoms with Crippen LogP contribution in [0.1, 0.15) is 24.0 Å². The highest BCUT2D eigenvalue weighted by atomic mass is 35.5. The molecule has 0 bridgehead atoms. The smallest absolute Gasteiger partial charge is 0.207 e. The van der Waals surface area contributed by atoms with Gasteiger partial charge in [-0.2, -0.15) is 0 Å². The summed E-state index contributed by atoms with van der Waals surface area (Å²) in [6.07, 6.45) is 2.29. The second kappa shape index (κ2) is 5.19. The summed E-state index contributed by atoms with van der Waals surface area (Å²) in [5.41, 5.74) is 1.89. The van der Waals surface area contributed by atoms with Crippen molar-refractivity contribution in [3.05, 3.63) is 29.3 Å². The van der Waals surface area contributed by atoms with Crippen molar-refractivity contribution >= 4 is 21.6 Å². The molecule has 0 radical (unpaired) electrons. The lowest BCUT2D eigenvalue weighted by atomic mass is 10.1. The Kier molecular flexibility index (Phi) is 3.99. The van der Waals surface area contributed by atoms with Crippen molar-refractivity contribution < 1.29 is 8.42 Å². The number of halogens is 1. The molecule has 0 N–H and O–H groups in total. The van der Waals surface area contributed by atoms with Crippen LogP contribution in [0.4, 0.5) is 0 Å². The quantitative estimate of drug-likeness (QED) is 0.781. The van der Waals surface area contributed by atoms with Crippen molar-refractivity contribution in [2.24, 2.45) is 5.92 Å². The molecular weight excluding hydrogens is 270 g/mol. The third-order valence-corrected chi connectivity index (χ3v) is 5.49. The minimum Gasteiger partial charge on any atom is -0.207 e. The van der Waals surface area contributed by atoms with Gasteiger partial charge in [-0.3, -0.25) is 0 Å². The fourth-order valence-corrected chi connectivity index (χ4v) is 3.55. The van der Waals surface area contributed by atoms with Crippen LogP contribution in [0.3, 0.4) is 0 Å². The Balaban J connectivity index is 2.25. The van der Waals surface area contributed by atoms with Gasteiger partial charge in [0, 0.05) is 19.5 Å². The molecule has 0 amide bonds. The third-order valence-electron chi connectivity index (χ3n) is 3.38. The third kappa shape index (κ3) is 2.87. The van der Waals surface area contributed by atoms with Gasteiger partial charge < -0.3 is 0 Å². The van der Waals surface area contributed by atoms with Crippen LogP contribution >= 0.6 is 11.6 Å². The number of aryl methyl sites for hydroxylation is 1. The van der Waals surface area contributed by atoms with Gasteiger partial charge in [-0.1, -0.05) is 6.07 Å². The largest absolute Gasteiger partial charge is 0.242 e. The highest BCUT2D eigenvalue weighted by Gasteiger charge is 2.29. The first-order valence-corrected chi connectivity index (χ1v) is 8.04. The van der Waals surface area contributed by atoms with Crippen LogP contribution in [-0.4, -0.2) is 26.3 Å². The van der Waals surface area contributed by atoms with Crippen molar-refractivity contribution in [2.75, 3.05) is 13.6 Å². The maximum atomic E-state index is 12.3. The number of sulfonamides is 1. The van der Waals surface area contributed by atoms with Crippen LogP contribution < -0.4 is 0 Å². The van der Waals surface area contributed by atoms with E-state index in [2.05, 4.69) is 0 Å². The van der Waals surface area contributed by atoms with Crippen LogP contribution in [0.25, 0.3) is 0 Å². The number of alkyl halides is 1. The minimum absolute atomic E-state index is 0.358. The Morgan fingerprint density at radius 1 is 1.39 bits per heavy atom. The van der Waals surface area contributed by atoms with Crippen LogP contribution in [-0.2, 0) is 15.9 Å². The lowest BCUT2D eigenvalue weighted by Crippen LogP contribution is -2.29. The predicted molar refractivity (Wildman–Crippen MR) is 73.3 cm³/mol. The summed E-state index contributed by atoms with van der Waals surface area (Å²) in [5.74, 6) is 0.956. The standard InChI is InChI=1S/C13H18ClNO2S/c1-10-7-13(6-5-12(10)8-14)18(16,17)15(2)9-11-3-4-11/h5-7,11H,3-4,8-9H2,1-2H3. The van der Waals surface area contributed by atoms with E-state index in [1.54, 1.807) is 25.2 Å². The van der Waals surface area contributed by atoms with Crippen molar-refractivity contribution in [1.82, 2.24) is 4.31 Å². The molecule has 1 aromatic carbocycles. The molecule has 3 nitrogen and oxygen atoms in total. The molecular formula is C13H18ClNO2S. The second-order valence-corrected chi connectivity index (χ2v) is 7.26. The Morgan fingerprint density at radius 2 is 2.06 bits per heavy atom. The zero-order chi connectivity index (χ0) is 13.3. The summed E-state index contributed by atoms with van der Waals surface area (Å²) in [7, 11) is -1.70. The molecule has 2 rings (SSSR count). The minimum atomic E-state index is -3.35. The number of hydrogen-bond donors (Lipinski definition) is 0. The summed E-state index contributed by atoms with van der Waals surface area (Å²) in [4.78, 5) is 0.358. The Bertz CT molecular complexity index is 538. The van der Waals surface area contributed by atoms with Crippen LogP contribution in [0.2, 0.25) is 0 Å². The lowest BCUT2D eigenvalue weighted by Gasteiger charge is -2.17. The number of benzene rings is 1. The molecule has 0 spiro atoms. The maximum absolute atomic E-state index is 12.3. The van der Waals surface area contributed by atoms with Gasteiger partial charge in [0.25, 0.3) is 0 Å². The first-order valence-electron chi connectivity index (χ1n) is 6.07. The molecule has 18 heavy (non-hydrogen) atoms. The van der Waals surface area contributed by atoms with Gasteiger partial charge in [0.15, 0.2) is 0 Å². The van der Waals surface area contributed by atoms with E-state index < -0.39 is 10.0 Å². The molecule has 1 fully saturated rings. The second-order valence-electron chi connectivity index (χ2n) is 4.95. The van der Waals surface area contributed by atoms with E-state index in [1.807, 2.05) is 6.92 Å². The van der Waals surface area contributed by atoms with Crippen LogP contribution in [0.5, 0.6) is 0 Å². The van der Waals surface area contributed by atoms with Gasteiger partial charge in [0.2, 0.25) is 10.0 Å². The highest BCUT2D eigenvalue weighted by Crippen LogP contribution is 2.31. The molecule has 0 heterocycles. The molecule has 1 aliphatic carbocycles. The first kappa shape index (κ1) is 13.8. The molecule has 0 saturated heterocycles. The maximum Gasteiger partial charge on any atom is 0.242 e. The summed E-state index contributed by atoms with van der Waals surface area (Å²) in [6.45, 7) is 2.51. The highest BCUT2D eigenvalue weighted by molar-refractivity contribution is 7.89. The van der Waals surface area contributed by atoms with E-state index in [9.17, 15) is 8.42 Å². The average molecular weight is 288 g/mol. The summed E-state index contributed by atoms with van der Waals surface area (Å²) >= 11 is 5.78. The molecule has 1 saturated carbocycles. The lowest BCUT2D eigenvalue weighted by molar-refractivity contribution is 0.453. The summed E-state index contributed by atoms with van der Waals surface area (Å²) in [6, 6.07) is 5.14.